The number of H-pyrrole nitrogens is 1. The van der Waals surface area contributed by atoms with Crippen LogP contribution in [0.25, 0.3) is 22.2 Å². The molecule has 3 aromatic heterocycles. The maximum Gasteiger partial charge on any atom is 0.418 e. The summed E-state index contributed by atoms with van der Waals surface area (Å²) in [7, 11) is 1.00. The number of halogens is 5. The van der Waals surface area contributed by atoms with Gasteiger partial charge >= 0.3 is 6.18 Å². The Morgan fingerprint density at radius 3 is 2.41 bits per heavy atom. The van der Waals surface area contributed by atoms with Crippen molar-refractivity contribution in [3.8, 4) is 28.8 Å². The standard InChI is InChI=1S/C26H20F5N3O3.CH4O.H2/c1-12-15(26(29,30)31)11-33-24(37-20-7-6-16(27)23(28)13(20)2)21(12)18-10-19(35)22-17(34-18)8-9-32-25(22)36-14-4-3-5-14;1-2;/h6-11,14H,3-5H2,1-2H3,(H,34,35);2H,1H3;1H. The number of hydrogen-bond donors (Lipinski definition) is 2. The number of fused-ring (bicyclic) bond motifs is 1. The van der Waals surface area contributed by atoms with Crippen molar-refractivity contribution < 1.29 is 38.0 Å². The Morgan fingerprint density at radius 1 is 1.05 bits per heavy atom. The lowest BCUT2D eigenvalue weighted by Gasteiger charge is -2.26. The van der Waals surface area contributed by atoms with Crippen LogP contribution in [0.4, 0.5) is 22.0 Å². The van der Waals surface area contributed by atoms with Gasteiger partial charge in [0.1, 0.15) is 17.2 Å². The molecule has 4 aromatic rings. The molecule has 1 aliphatic rings. The molecule has 1 aliphatic carbocycles. The minimum atomic E-state index is -4.74. The third kappa shape index (κ3) is 5.42. The first-order valence-corrected chi connectivity index (χ1v) is 11.9. The topological polar surface area (TPSA) is 97.3 Å². The van der Waals surface area contributed by atoms with Crippen LogP contribution >= 0.6 is 0 Å². The highest BCUT2D eigenvalue weighted by atomic mass is 19.4. The summed E-state index contributed by atoms with van der Waals surface area (Å²) in [6.07, 6.45) is -0.0794. The van der Waals surface area contributed by atoms with Gasteiger partial charge in [-0.3, -0.25) is 4.79 Å². The fourth-order valence-electron chi connectivity index (χ4n) is 4.15. The van der Waals surface area contributed by atoms with Crippen LogP contribution in [-0.2, 0) is 6.18 Å². The number of ether oxygens (including phenoxy) is 2. The molecule has 12 heteroatoms. The molecule has 39 heavy (non-hydrogen) atoms. The highest BCUT2D eigenvalue weighted by Crippen LogP contribution is 2.41. The van der Waals surface area contributed by atoms with Gasteiger partial charge in [0.2, 0.25) is 11.8 Å². The average Bonchev–Trinajstić information content (AvgIpc) is 2.87. The lowest BCUT2D eigenvalue weighted by Crippen LogP contribution is -2.25. The van der Waals surface area contributed by atoms with Crippen LogP contribution in [0.1, 0.15) is 37.4 Å². The predicted molar refractivity (Wildman–Crippen MR) is 135 cm³/mol. The van der Waals surface area contributed by atoms with E-state index in [9.17, 15) is 26.7 Å². The van der Waals surface area contributed by atoms with E-state index < -0.39 is 28.8 Å². The first-order chi connectivity index (χ1) is 18.5. The summed E-state index contributed by atoms with van der Waals surface area (Å²) in [5, 5.41) is 7.16. The summed E-state index contributed by atoms with van der Waals surface area (Å²) in [6.45, 7) is 2.48. The van der Waals surface area contributed by atoms with Gasteiger partial charge in [-0.1, -0.05) is 0 Å². The highest BCUT2D eigenvalue weighted by Gasteiger charge is 2.35. The van der Waals surface area contributed by atoms with Gasteiger partial charge in [-0.2, -0.15) is 13.2 Å². The number of pyridine rings is 3. The number of rotatable bonds is 5. The Bertz CT molecular complexity index is 1590. The molecular weight excluding hydrogens is 525 g/mol. The number of aromatic nitrogens is 3. The van der Waals surface area contributed by atoms with Gasteiger partial charge in [0.05, 0.1) is 22.3 Å². The van der Waals surface area contributed by atoms with Crippen LogP contribution in [0.3, 0.4) is 0 Å². The Morgan fingerprint density at radius 2 is 1.77 bits per heavy atom. The number of nitrogens with zero attached hydrogens (tertiary/aromatic N) is 2. The van der Waals surface area contributed by atoms with Crippen molar-refractivity contribution in [3.63, 3.8) is 0 Å². The van der Waals surface area contributed by atoms with Gasteiger partial charge in [0.15, 0.2) is 17.1 Å². The van der Waals surface area contributed by atoms with Crippen LogP contribution in [0.2, 0.25) is 0 Å². The zero-order chi connectivity index (χ0) is 28.5. The second-order valence-corrected chi connectivity index (χ2v) is 8.82. The number of aliphatic hydroxyl groups is 1. The molecule has 7 nitrogen and oxygen atoms in total. The van der Waals surface area contributed by atoms with E-state index in [2.05, 4.69) is 15.0 Å². The molecule has 0 aliphatic heterocycles. The third-order valence-corrected chi connectivity index (χ3v) is 6.41. The third-order valence-electron chi connectivity index (χ3n) is 6.41. The molecule has 0 amide bonds. The van der Waals surface area contributed by atoms with Crippen molar-refractivity contribution in [2.75, 3.05) is 7.11 Å². The summed E-state index contributed by atoms with van der Waals surface area (Å²) in [4.78, 5) is 24.1. The normalized spacial score (nSPS) is 13.5. The van der Waals surface area contributed by atoms with Crippen LogP contribution in [0.5, 0.6) is 17.5 Å². The minimum absolute atomic E-state index is 0. The monoisotopic (exact) mass is 551 g/mol. The minimum Gasteiger partial charge on any atom is -0.474 e. The number of alkyl halides is 3. The molecule has 0 bridgehead atoms. The molecule has 0 radical (unpaired) electrons. The Balaban J connectivity index is 0.00000144. The first kappa shape index (κ1) is 28.0. The lowest BCUT2D eigenvalue weighted by molar-refractivity contribution is -0.138. The summed E-state index contributed by atoms with van der Waals surface area (Å²) in [5.74, 6) is -2.59. The smallest absolute Gasteiger partial charge is 0.418 e. The van der Waals surface area contributed by atoms with Gasteiger partial charge in [-0.25, -0.2) is 18.7 Å². The summed E-state index contributed by atoms with van der Waals surface area (Å²) in [6, 6.07) is 4.60. The molecule has 0 spiro atoms. The van der Waals surface area contributed by atoms with Crippen molar-refractivity contribution in [2.45, 2.75) is 45.4 Å². The van der Waals surface area contributed by atoms with Crippen molar-refractivity contribution in [1.82, 2.24) is 15.0 Å². The van der Waals surface area contributed by atoms with Crippen LogP contribution < -0.4 is 14.9 Å². The molecule has 1 aromatic carbocycles. The van der Waals surface area contributed by atoms with E-state index in [-0.39, 0.29) is 52.8 Å². The van der Waals surface area contributed by atoms with Gasteiger partial charge in [0, 0.05) is 32.6 Å². The van der Waals surface area contributed by atoms with Crippen molar-refractivity contribution in [1.29, 1.82) is 0 Å². The van der Waals surface area contributed by atoms with E-state index in [1.807, 2.05) is 0 Å². The maximum atomic E-state index is 14.1. The number of aromatic amines is 1. The molecule has 1 fully saturated rings. The Hall–Kier alpha value is -4.06. The predicted octanol–water partition coefficient (Wildman–Crippen LogP) is 6.48. The molecule has 0 saturated heterocycles. The van der Waals surface area contributed by atoms with Crippen molar-refractivity contribution >= 4 is 10.9 Å². The fraction of sp³-hybridized carbons (Fsp3) is 0.296. The quantitative estimate of drug-likeness (QED) is 0.276. The van der Waals surface area contributed by atoms with Gasteiger partial charge < -0.3 is 19.6 Å². The molecule has 208 valence electrons. The fourth-order valence-corrected chi connectivity index (χ4v) is 4.15. The van der Waals surface area contributed by atoms with Crippen LogP contribution in [0, 0.1) is 25.5 Å². The largest absolute Gasteiger partial charge is 0.474 e. The van der Waals surface area contributed by atoms with Crippen molar-refractivity contribution in [3.05, 3.63) is 75.2 Å². The summed E-state index contributed by atoms with van der Waals surface area (Å²) < 4.78 is 80.4. The maximum absolute atomic E-state index is 14.1. The second kappa shape index (κ2) is 11.0. The van der Waals surface area contributed by atoms with Gasteiger partial charge in [-0.15, -0.1) is 0 Å². The van der Waals surface area contributed by atoms with Gasteiger partial charge in [0.25, 0.3) is 0 Å². The molecule has 0 unspecified atom stereocenters. The van der Waals surface area contributed by atoms with Gasteiger partial charge in [-0.05, 0) is 56.9 Å². The molecule has 0 atom stereocenters. The van der Waals surface area contributed by atoms with E-state index in [4.69, 9.17) is 14.6 Å². The average molecular weight is 552 g/mol. The van der Waals surface area contributed by atoms with E-state index >= 15 is 0 Å². The Kier molecular flexibility index (Phi) is 7.86. The number of hydrogen-bond acceptors (Lipinski definition) is 6. The molecule has 1 saturated carbocycles. The van der Waals surface area contributed by atoms with E-state index in [1.165, 1.54) is 26.1 Å². The first-order valence-electron chi connectivity index (χ1n) is 11.9. The lowest BCUT2D eigenvalue weighted by atomic mass is 9.96. The molecular formula is C27H26F5N3O4. The number of aliphatic hydroxyl groups excluding tert-OH is 1. The Labute approximate surface area is 220 Å². The molecule has 3 heterocycles. The zero-order valence-corrected chi connectivity index (χ0v) is 21.1. The van der Waals surface area contributed by atoms with E-state index in [0.717, 1.165) is 44.6 Å². The van der Waals surface area contributed by atoms with E-state index in [0.29, 0.717) is 11.7 Å². The van der Waals surface area contributed by atoms with E-state index in [1.54, 1.807) is 0 Å². The van der Waals surface area contributed by atoms with Crippen LogP contribution in [-0.4, -0.2) is 33.3 Å². The summed E-state index contributed by atoms with van der Waals surface area (Å²) in [5.41, 5.74) is -1.91. The zero-order valence-electron chi connectivity index (χ0n) is 21.1. The highest BCUT2D eigenvalue weighted by molar-refractivity contribution is 5.86. The van der Waals surface area contributed by atoms with Crippen LogP contribution in [0.15, 0.2) is 41.5 Å². The van der Waals surface area contributed by atoms with Crippen molar-refractivity contribution in [2.24, 2.45) is 0 Å². The SMILES string of the molecule is CO.Cc1c(Oc2ncc(C(F)(F)F)c(C)c2-c2cc(=O)c3c(OC4CCC4)nccc3[nH]2)ccc(F)c1F.[HH]. The molecule has 2 N–H and O–H groups in total. The summed E-state index contributed by atoms with van der Waals surface area (Å²) >= 11 is 0. The number of benzene rings is 1. The second-order valence-electron chi connectivity index (χ2n) is 8.82. The molecule has 5 rings (SSSR count). The number of nitrogens with one attached hydrogen (secondary N) is 1.